The fourth-order valence-electron chi connectivity index (χ4n) is 2.19. The Bertz CT molecular complexity index is 436. The van der Waals surface area contributed by atoms with Crippen LogP contribution in [-0.2, 0) is 25.1 Å². The van der Waals surface area contributed by atoms with Crippen LogP contribution in [-0.4, -0.2) is 26.3 Å². The molecule has 0 aromatic heterocycles. The monoisotopic (exact) mass is 248 g/mol. The molecule has 1 heterocycles. The summed E-state index contributed by atoms with van der Waals surface area (Å²) in [5.41, 5.74) is 1.76. The molecule has 2 rings (SSSR count). The molecule has 0 unspecified atom stereocenters. The van der Waals surface area contributed by atoms with Gasteiger partial charge in [-0.1, -0.05) is 45.0 Å². The van der Waals surface area contributed by atoms with Gasteiger partial charge in [-0.3, -0.25) is 4.79 Å². The summed E-state index contributed by atoms with van der Waals surface area (Å²) in [7, 11) is 1.42. The Morgan fingerprint density at radius 1 is 1.22 bits per heavy atom. The zero-order valence-corrected chi connectivity index (χ0v) is 11.4. The number of benzene rings is 1. The second kappa shape index (κ2) is 4.39. The van der Waals surface area contributed by atoms with E-state index in [1.807, 2.05) is 12.1 Å². The minimum Gasteiger partial charge on any atom is -0.468 e. The molecule has 98 valence electrons. The molecule has 1 saturated heterocycles. The van der Waals surface area contributed by atoms with Gasteiger partial charge < -0.3 is 9.47 Å². The van der Waals surface area contributed by atoms with E-state index >= 15 is 0 Å². The second-order valence-electron chi connectivity index (χ2n) is 5.89. The predicted molar refractivity (Wildman–Crippen MR) is 69.7 cm³/mol. The van der Waals surface area contributed by atoms with Gasteiger partial charge in [0, 0.05) is 0 Å². The lowest BCUT2D eigenvalue weighted by Gasteiger charge is -2.39. The van der Waals surface area contributed by atoms with Crippen molar-refractivity contribution in [2.45, 2.75) is 31.6 Å². The van der Waals surface area contributed by atoms with Gasteiger partial charge in [0.1, 0.15) is 5.41 Å². The lowest BCUT2D eigenvalue weighted by atomic mass is 9.77. The Morgan fingerprint density at radius 2 is 1.78 bits per heavy atom. The molecule has 3 nitrogen and oxygen atoms in total. The number of carbonyl (C=O) groups is 1. The summed E-state index contributed by atoms with van der Waals surface area (Å²) in [5.74, 6) is -0.211. The molecular weight excluding hydrogens is 228 g/mol. The standard InChI is InChI=1S/C15H20O3/c1-14(2,3)11-5-7-12(8-6-11)15(9-18-10-15)13(16)17-4/h5-8H,9-10H2,1-4H3. The molecule has 0 spiro atoms. The van der Waals surface area contributed by atoms with E-state index in [2.05, 4.69) is 32.9 Å². The average Bonchev–Trinajstić information content (AvgIpc) is 2.27. The first-order valence-corrected chi connectivity index (χ1v) is 6.17. The van der Waals surface area contributed by atoms with Crippen LogP contribution in [0.2, 0.25) is 0 Å². The van der Waals surface area contributed by atoms with Crippen molar-refractivity contribution in [3.63, 3.8) is 0 Å². The number of hydrogen-bond donors (Lipinski definition) is 0. The molecular formula is C15H20O3. The fourth-order valence-corrected chi connectivity index (χ4v) is 2.19. The highest BCUT2D eigenvalue weighted by molar-refractivity contribution is 5.84. The molecule has 0 aliphatic carbocycles. The Balaban J connectivity index is 2.31. The summed E-state index contributed by atoms with van der Waals surface area (Å²) in [4.78, 5) is 11.9. The fraction of sp³-hybridized carbons (Fsp3) is 0.533. The molecule has 1 aliphatic rings. The van der Waals surface area contributed by atoms with Crippen LogP contribution in [0.5, 0.6) is 0 Å². The first-order valence-electron chi connectivity index (χ1n) is 6.17. The van der Waals surface area contributed by atoms with Crippen LogP contribution in [0.4, 0.5) is 0 Å². The molecule has 0 radical (unpaired) electrons. The second-order valence-corrected chi connectivity index (χ2v) is 5.89. The van der Waals surface area contributed by atoms with E-state index in [4.69, 9.17) is 9.47 Å². The van der Waals surface area contributed by atoms with Crippen molar-refractivity contribution >= 4 is 5.97 Å². The summed E-state index contributed by atoms with van der Waals surface area (Å²) in [6.45, 7) is 7.34. The Kier molecular flexibility index (Phi) is 3.20. The maximum absolute atomic E-state index is 11.9. The lowest BCUT2D eigenvalue weighted by molar-refractivity contribution is -0.166. The van der Waals surface area contributed by atoms with Crippen LogP contribution in [0.15, 0.2) is 24.3 Å². The van der Waals surface area contributed by atoms with Gasteiger partial charge in [-0.2, -0.15) is 0 Å². The number of rotatable bonds is 2. The molecule has 0 bridgehead atoms. The largest absolute Gasteiger partial charge is 0.468 e. The number of ether oxygens (including phenoxy) is 2. The minimum atomic E-state index is -0.592. The van der Waals surface area contributed by atoms with E-state index in [-0.39, 0.29) is 11.4 Å². The van der Waals surface area contributed by atoms with Crippen LogP contribution in [0.3, 0.4) is 0 Å². The van der Waals surface area contributed by atoms with Gasteiger partial charge in [0.05, 0.1) is 20.3 Å². The number of esters is 1. The van der Waals surface area contributed by atoms with E-state index in [1.54, 1.807) is 0 Å². The first-order chi connectivity index (χ1) is 8.40. The highest BCUT2D eigenvalue weighted by Crippen LogP contribution is 2.35. The van der Waals surface area contributed by atoms with E-state index in [9.17, 15) is 4.79 Å². The molecule has 0 atom stereocenters. The SMILES string of the molecule is COC(=O)C1(c2ccc(C(C)(C)C)cc2)COC1. The molecule has 3 heteroatoms. The maximum atomic E-state index is 11.9. The summed E-state index contributed by atoms with van der Waals surface area (Å²) < 4.78 is 10.1. The minimum absolute atomic E-state index is 0.118. The van der Waals surface area contributed by atoms with E-state index in [1.165, 1.54) is 12.7 Å². The molecule has 1 fully saturated rings. The van der Waals surface area contributed by atoms with Crippen molar-refractivity contribution in [1.82, 2.24) is 0 Å². The van der Waals surface area contributed by atoms with Crippen LogP contribution in [0, 0.1) is 0 Å². The number of hydrogen-bond acceptors (Lipinski definition) is 3. The van der Waals surface area contributed by atoms with Crippen molar-refractivity contribution in [3.05, 3.63) is 35.4 Å². The molecule has 0 N–H and O–H groups in total. The molecule has 0 amide bonds. The van der Waals surface area contributed by atoms with Crippen molar-refractivity contribution in [2.24, 2.45) is 0 Å². The van der Waals surface area contributed by atoms with Gasteiger partial charge in [-0.05, 0) is 16.5 Å². The van der Waals surface area contributed by atoms with Crippen LogP contribution < -0.4 is 0 Å². The van der Waals surface area contributed by atoms with Crippen molar-refractivity contribution in [3.8, 4) is 0 Å². The van der Waals surface area contributed by atoms with Gasteiger partial charge in [-0.15, -0.1) is 0 Å². The van der Waals surface area contributed by atoms with Gasteiger partial charge in [-0.25, -0.2) is 0 Å². The van der Waals surface area contributed by atoms with Crippen LogP contribution in [0.1, 0.15) is 31.9 Å². The van der Waals surface area contributed by atoms with E-state index < -0.39 is 5.41 Å². The third-order valence-electron chi connectivity index (χ3n) is 3.58. The Hall–Kier alpha value is -1.35. The van der Waals surface area contributed by atoms with E-state index in [0.717, 1.165) is 5.56 Å². The van der Waals surface area contributed by atoms with Crippen LogP contribution >= 0.6 is 0 Å². The predicted octanol–water partition coefficient (Wildman–Crippen LogP) is 2.43. The maximum Gasteiger partial charge on any atom is 0.321 e. The van der Waals surface area contributed by atoms with Crippen molar-refractivity contribution in [2.75, 3.05) is 20.3 Å². The zero-order valence-electron chi connectivity index (χ0n) is 11.4. The summed E-state index contributed by atoms with van der Waals surface area (Å²) in [6, 6.07) is 8.19. The smallest absolute Gasteiger partial charge is 0.321 e. The summed E-state index contributed by atoms with van der Waals surface area (Å²) >= 11 is 0. The topological polar surface area (TPSA) is 35.5 Å². The van der Waals surface area contributed by atoms with Crippen molar-refractivity contribution < 1.29 is 14.3 Å². The van der Waals surface area contributed by atoms with Gasteiger partial charge in [0.2, 0.25) is 0 Å². The Morgan fingerprint density at radius 3 is 2.11 bits per heavy atom. The highest BCUT2D eigenvalue weighted by atomic mass is 16.5. The van der Waals surface area contributed by atoms with Gasteiger partial charge in [0.25, 0.3) is 0 Å². The normalized spacial score (nSPS) is 18.0. The third kappa shape index (κ3) is 2.03. The van der Waals surface area contributed by atoms with E-state index in [0.29, 0.717) is 13.2 Å². The quantitative estimate of drug-likeness (QED) is 0.754. The lowest BCUT2D eigenvalue weighted by Crippen LogP contribution is -2.53. The first kappa shape index (κ1) is 13.1. The third-order valence-corrected chi connectivity index (χ3v) is 3.58. The average molecular weight is 248 g/mol. The van der Waals surface area contributed by atoms with Crippen LogP contribution in [0.25, 0.3) is 0 Å². The molecule has 18 heavy (non-hydrogen) atoms. The number of methoxy groups -OCH3 is 1. The van der Waals surface area contributed by atoms with Gasteiger partial charge >= 0.3 is 5.97 Å². The zero-order chi connectivity index (χ0) is 13.4. The van der Waals surface area contributed by atoms with Crippen molar-refractivity contribution in [1.29, 1.82) is 0 Å². The highest BCUT2D eigenvalue weighted by Gasteiger charge is 2.48. The molecule has 1 aromatic carbocycles. The summed E-state index contributed by atoms with van der Waals surface area (Å²) in [5, 5.41) is 0. The molecule has 0 saturated carbocycles. The van der Waals surface area contributed by atoms with Gasteiger partial charge in [0.15, 0.2) is 0 Å². The summed E-state index contributed by atoms with van der Waals surface area (Å²) in [6.07, 6.45) is 0. The Labute approximate surface area is 108 Å². The number of carbonyl (C=O) groups excluding carboxylic acids is 1. The molecule has 1 aromatic rings. The molecule has 1 aliphatic heterocycles.